The molecule has 0 saturated carbocycles. The van der Waals surface area contributed by atoms with Gasteiger partial charge in [-0.05, 0) is 30.7 Å². The van der Waals surface area contributed by atoms with Crippen molar-refractivity contribution >= 4 is 11.8 Å². The highest BCUT2D eigenvalue weighted by Crippen LogP contribution is 2.29. The third-order valence-electron chi connectivity index (χ3n) is 2.17. The molecule has 0 radical (unpaired) electrons. The summed E-state index contributed by atoms with van der Waals surface area (Å²) < 4.78 is 36.8. The van der Waals surface area contributed by atoms with Crippen LogP contribution in [0.1, 0.15) is 12.0 Å². The predicted molar refractivity (Wildman–Crippen MR) is 60.6 cm³/mol. The number of carboxylic acid groups (broad SMARTS) is 1. The lowest BCUT2D eigenvalue weighted by molar-refractivity contribution is -0.137. The van der Waals surface area contributed by atoms with Gasteiger partial charge in [-0.2, -0.15) is 13.2 Å². The topological polar surface area (TPSA) is 61.4 Å². The summed E-state index contributed by atoms with van der Waals surface area (Å²) in [5, 5.41) is 13.4. The zero-order chi connectivity index (χ0) is 13.6. The van der Waals surface area contributed by atoms with E-state index in [2.05, 4.69) is 10.6 Å². The summed E-state index contributed by atoms with van der Waals surface area (Å²) in [7, 11) is 0. The van der Waals surface area contributed by atoms with Gasteiger partial charge in [-0.3, -0.25) is 0 Å². The number of nitrogens with one attached hydrogen (secondary N) is 2. The van der Waals surface area contributed by atoms with Crippen molar-refractivity contribution in [1.82, 2.24) is 5.32 Å². The van der Waals surface area contributed by atoms with Crippen LogP contribution in [0.25, 0.3) is 0 Å². The highest BCUT2D eigenvalue weighted by atomic mass is 19.4. The second-order valence-corrected chi connectivity index (χ2v) is 3.59. The molecule has 1 aromatic rings. The first-order valence-corrected chi connectivity index (χ1v) is 5.27. The predicted octanol–water partition coefficient (Wildman–Crippen LogP) is 2.78. The SMILES string of the molecule is O=C(O)NCCCNc1ccc(C(F)(F)F)cc1. The van der Waals surface area contributed by atoms with E-state index in [-0.39, 0.29) is 0 Å². The van der Waals surface area contributed by atoms with Gasteiger partial charge in [0.2, 0.25) is 0 Å². The van der Waals surface area contributed by atoms with Crippen LogP contribution in [-0.2, 0) is 6.18 Å². The monoisotopic (exact) mass is 262 g/mol. The van der Waals surface area contributed by atoms with Crippen LogP contribution in [-0.4, -0.2) is 24.3 Å². The highest BCUT2D eigenvalue weighted by molar-refractivity contribution is 5.64. The van der Waals surface area contributed by atoms with Crippen LogP contribution in [0.3, 0.4) is 0 Å². The third-order valence-corrected chi connectivity index (χ3v) is 2.17. The summed E-state index contributed by atoms with van der Waals surface area (Å²) in [4.78, 5) is 10.1. The van der Waals surface area contributed by atoms with E-state index in [1.54, 1.807) is 0 Å². The minimum atomic E-state index is -4.33. The number of carbonyl (C=O) groups is 1. The molecular formula is C11H13F3N2O2. The smallest absolute Gasteiger partial charge is 0.416 e. The minimum absolute atomic E-state index is 0.295. The minimum Gasteiger partial charge on any atom is -0.465 e. The maximum absolute atomic E-state index is 12.3. The van der Waals surface area contributed by atoms with Crippen molar-refractivity contribution in [2.24, 2.45) is 0 Å². The Balaban J connectivity index is 2.33. The maximum atomic E-state index is 12.3. The molecule has 0 heterocycles. The molecule has 0 aliphatic rings. The van der Waals surface area contributed by atoms with Crippen LogP contribution in [0.2, 0.25) is 0 Å². The van der Waals surface area contributed by atoms with Gasteiger partial charge in [0.1, 0.15) is 0 Å². The number of hydrogen-bond donors (Lipinski definition) is 3. The summed E-state index contributed by atoms with van der Waals surface area (Å²) in [5.41, 5.74) is -0.126. The molecule has 1 rings (SSSR count). The van der Waals surface area contributed by atoms with Crippen molar-refractivity contribution in [3.05, 3.63) is 29.8 Å². The molecule has 0 unspecified atom stereocenters. The van der Waals surface area contributed by atoms with Crippen molar-refractivity contribution in [1.29, 1.82) is 0 Å². The van der Waals surface area contributed by atoms with Gasteiger partial charge in [-0.25, -0.2) is 4.79 Å². The summed E-state index contributed by atoms with van der Waals surface area (Å²) >= 11 is 0. The van der Waals surface area contributed by atoms with E-state index in [4.69, 9.17) is 5.11 Å². The molecule has 0 atom stereocenters. The largest absolute Gasteiger partial charge is 0.465 e. The van der Waals surface area contributed by atoms with E-state index < -0.39 is 17.8 Å². The van der Waals surface area contributed by atoms with Crippen molar-refractivity contribution in [3.8, 4) is 0 Å². The first-order chi connectivity index (χ1) is 8.39. The summed E-state index contributed by atoms with van der Waals surface area (Å²) in [6.45, 7) is 0.772. The molecule has 0 bridgehead atoms. The Kier molecular flexibility index (Phi) is 4.82. The number of anilines is 1. The zero-order valence-corrected chi connectivity index (χ0v) is 9.42. The first-order valence-electron chi connectivity index (χ1n) is 5.27. The lowest BCUT2D eigenvalue weighted by atomic mass is 10.2. The Labute approximate surface area is 102 Å². The molecule has 1 aromatic carbocycles. The summed E-state index contributed by atoms with van der Waals surface area (Å²) in [6.07, 6.45) is -4.87. The molecular weight excluding hydrogens is 249 g/mol. The lowest BCUT2D eigenvalue weighted by Crippen LogP contribution is -2.23. The van der Waals surface area contributed by atoms with Gasteiger partial charge < -0.3 is 15.7 Å². The molecule has 4 nitrogen and oxygen atoms in total. The summed E-state index contributed by atoms with van der Waals surface area (Å²) in [5.74, 6) is 0. The molecule has 0 spiro atoms. The average Bonchev–Trinajstić information content (AvgIpc) is 2.27. The molecule has 0 aliphatic heterocycles. The fourth-order valence-electron chi connectivity index (χ4n) is 1.29. The van der Waals surface area contributed by atoms with Crippen LogP contribution >= 0.6 is 0 Å². The number of hydrogen-bond acceptors (Lipinski definition) is 2. The van der Waals surface area contributed by atoms with Gasteiger partial charge >= 0.3 is 12.3 Å². The van der Waals surface area contributed by atoms with E-state index in [0.717, 1.165) is 12.1 Å². The van der Waals surface area contributed by atoms with Gasteiger partial charge in [0, 0.05) is 18.8 Å². The number of benzene rings is 1. The summed E-state index contributed by atoms with van der Waals surface area (Å²) in [6, 6.07) is 4.68. The molecule has 1 amide bonds. The molecule has 0 aromatic heterocycles. The van der Waals surface area contributed by atoms with Crippen molar-refractivity contribution in [2.45, 2.75) is 12.6 Å². The van der Waals surface area contributed by atoms with Crippen molar-refractivity contribution in [2.75, 3.05) is 18.4 Å². The van der Waals surface area contributed by atoms with E-state index >= 15 is 0 Å². The fourth-order valence-corrected chi connectivity index (χ4v) is 1.29. The molecule has 100 valence electrons. The fraction of sp³-hybridized carbons (Fsp3) is 0.364. The van der Waals surface area contributed by atoms with E-state index in [0.29, 0.717) is 25.2 Å². The number of rotatable bonds is 5. The Morgan fingerprint density at radius 2 is 1.78 bits per heavy atom. The lowest BCUT2D eigenvalue weighted by Gasteiger charge is -2.09. The van der Waals surface area contributed by atoms with Crippen molar-refractivity contribution < 1.29 is 23.1 Å². The van der Waals surface area contributed by atoms with Gasteiger partial charge in [-0.15, -0.1) is 0 Å². The standard InChI is InChI=1S/C11H13F3N2O2/c12-11(13,14)8-2-4-9(5-3-8)15-6-1-7-16-10(17)18/h2-5,15-16H,1,6-7H2,(H,17,18). The normalized spacial score (nSPS) is 11.1. The van der Waals surface area contributed by atoms with Gasteiger partial charge in [0.25, 0.3) is 0 Å². The van der Waals surface area contributed by atoms with E-state index in [1.807, 2.05) is 0 Å². The quantitative estimate of drug-likeness (QED) is 0.715. The molecule has 7 heteroatoms. The molecule has 18 heavy (non-hydrogen) atoms. The van der Waals surface area contributed by atoms with Crippen molar-refractivity contribution in [3.63, 3.8) is 0 Å². The number of halogens is 3. The number of alkyl halides is 3. The average molecular weight is 262 g/mol. The second kappa shape index (κ2) is 6.13. The Bertz CT molecular complexity index is 390. The van der Waals surface area contributed by atoms with Crippen LogP contribution in [0.15, 0.2) is 24.3 Å². The molecule has 3 N–H and O–H groups in total. The zero-order valence-electron chi connectivity index (χ0n) is 9.42. The molecule has 0 saturated heterocycles. The van der Waals surface area contributed by atoms with Gasteiger partial charge in [-0.1, -0.05) is 0 Å². The maximum Gasteiger partial charge on any atom is 0.416 e. The highest BCUT2D eigenvalue weighted by Gasteiger charge is 2.29. The third kappa shape index (κ3) is 4.94. The Morgan fingerprint density at radius 3 is 2.28 bits per heavy atom. The van der Waals surface area contributed by atoms with E-state index in [1.165, 1.54) is 12.1 Å². The van der Waals surface area contributed by atoms with Crippen LogP contribution < -0.4 is 10.6 Å². The number of amides is 1. The van der Waals surface area contributed by atoms with Gasteiger partial charge in [0.15, 0.2) is 0 Å². The molecule has 0 aliphatic carbocycles. The van der Waals surface area contributed by atoms with Crippen LogP contribution in [0.5, 0.6) is 0 Å². The van der Waals surface area contributed by atoms with Gasteiger partial charge in [0.05, 0.1) is 5.56 Å². The van der Waals surface area contributed by atoms with Crippen LogP contribution in [0, 0.1) is 0 Å². The first kappa shape index (κ1) is 14.1. The molecule has 0 fully saturated rings. The van der Waals surface area contributed by atoms with Crippen LogP contribution in [0.4, 0.5) is 23.7 Å². The Hall–Kier alpha value is -1.92. The Morgan fingerprint density at radius 1 is 1.17 bits per heavy atom. The van der Waals surface area contributed by atoms with E-state index in [9.17, 15) is 18.0 Å². The second-order valence-electron chi connectivity index (χ2n) is 3.59.